The first-order valence-corrected chi connectivity index (χ1v) is 5.80. The zero-order valence-corrected chi connectivity index (χ0v) is 9.79. The minimum atomic E-state index is -0.271. The van der Waals surface area contributed by atoms with Crippen molar-refractivity contribution in [2.24, 2.45) is 5.92 Å². The second kappa shape index (κ2) is 4.83. The number of benzene rings is 1. The molecule has 2 rings (SSSR count). The summed E-state index contributed by atoms with van der Waals surface area (Å²) in [7, 11) is 1.89. The van der Waals surface area contributed by atoms with Gasteiger partial charge in [-0.3, -0.25) is 0 Å². The molecule has 0 bridgehead atoms. The van der Waals surface area contributed by atoms with Crippen molar-refractivity contribution < 1.29 is 9.13 Å². The normalized spacial score (nSPS) is 17.2. The highest BCUT2D eigenvalue weighted by molar-refractivity contribution is 5.32. The van der Waals surface area contributed by atoms with E-state index in [1.807, 2.05) is 14.0 Å². The van der Waals surface area contributed by atoms with E-state index in [-0.39, 0.29) is 11.9 Å². The second-order valence-electron chi connectivity index (χ2n) is 4.45. The molecule has 0 heterocycles. The van der Waals surface area contributed by atoms with Crippen molar-refractivity contribution in [1.29, 1.82) is 0 Å². The number of rotatable bonds is 5. The fourth-order valence-electron chi connectivity index (χ4n) is 1.56. The number of hydrogen-bond acceptors (Lipinski definition) is 2. The van der Waals surface area contributed by atoms with Crippen molar-refractivity contribution >= 4 is 0 Å². The average Bonchev–Trinajstić information content (AvgIpc) is 3.11. The Labute approximate surface area is 95.8 Å². The van der Waals surface area contributed by atoms with Crippen LogP contribution in [0.3, 0.4) is 0 Å². The summed E-state index contributed by atoms with van der Waals surface area (Å²) in [6.07, 6.45) is 2.43. The van der Waals surface area contributed by atoms with Crippen LogP contribution in [-0.4, -0.2) is 13.7 Å². The quantitative estimate of drug-likeness (QED) is 0.828. The van der Waals surface area contributed by atoms with Gasteiger partial charge in [-0.1, -0.05) is 6.07 Å². The Balaban J connectivity index is 2.07. The molecule has 1 aliphatic rings. The summed E-state index contributed by atoms with van der Waals surface area (Å²) in [5.74, 6) is 0.754. The van der Waals surface area contributed by atoms with Crippen LogP contribution in [0, 0.1) is 11.7 Å². The van der Waals surface area contributed by atoms with E-state index < -0.39 is 0 Å². The lowest BCUT2D eigenvalue weighted by molar-refractivity contribution is 0.285. The van der Waals surface area contributed by atoms with E-state index in [9.17, 15) is 4.39 Å². The van der Waals surface area contributed by atoms with Gasteiger partial charge < -0.3 is 10.1 Å². The molecule has 0 spiro atoms. The van der Waals surface area contributed by atoms with E-state index in [2.05, 4.69) is 5.32 Å². The zero-order valence-electron chi connectivity index (χ0n) is 9.79. The molecule has 0 aliphatic heterocycles. The summed E-state index contributed by atoms with van der Waals surface area (Å²) in [6, 6.07) is 5.27. The molecule has 1 atom stereocenters. The molecule has 88 valence electrons. The molecular weight excluding hydrogens is 205 g/mol. The Morgan fingerprint density at radius 1 is 1.50 bits per heavy atom. The number of nitrogens with one attached hydrogen (secondary N) is 1. The van der Waals surface area contributed by atoms with Crippen LogP contribution in [0.15, 0.2) is 18.2 Å². The van der Waals surface area contributed by atoms with Gasteiger partial charge in [-0.25, -0.2) is 4.39 Å². The summed E-state index contributed by atoms with van der Waals surface area (Å²) in [4.78, 5) is 0. The van der Waals surface area contributed by atoms with Crippen LogP contribution in [0.4, 0.5) is 4.39 Å². The third-order valence-corrected chi connectivity index (χ3v) is 3.06. The molecular formula is C13H18FNO. The largest absolute Gasteiger partial charge is 0.490 e. The van der Waals surface area contributed by atoms with Gasteiger partial charge in [0.15, 0.2) is 11.6 Å². The lowest BCUT2D eigenvalue weighted by atomic mass is 10.1. The fraction of sp³-hybridized carbons (Fsp3) is 0.538. The Morgan fingerprint density at radius 2 is 2.25 bits per heavy atom. The SMILES string of the molecule is CN[C@@H](C)c1ccc(F)c(OCC2CC2)c1. The molecule has 3 heteroatoms. The average molecular weight is 223 g/mol. The maximum atomic E-state index is 13.5. The predicted octanol–water partition coefficient (Wildman–Crippen LogP) is 2.89. The van der Waals surface area contributed by atoms with E-state index in [4.69, 9.17) is 4.74 Å². The Morgan fingerprint density at radius 3 is 2.88 bits per heavy atom. The molecule has 1 aromatic carbocycles. The van der Waals surface area contributed by atoms with E-state index in [1.165, 1.54) is 18.9 Å². The first kappa shape index (κ1) is 11.4. The minimum Gasteiger partial charge on any atom is -0.490 e. The number of ether oxygens (including phenoxy) is 1. The Kier molecular flexibility index (Phi) is 3.44. The molecule has 1 aliphatic carbocycles. The molecule has 2 nitrogen and oxygen atoms in total. The van der Waals surface area contributed by atoms with Crippen molar-refractivity contribution in [1.82, 2.24) is 5.32 Å². The zero-order chi connectivity index (χ0) is 11.5. The maximum Gasteiger partial charge on any atom is 0.165 e. The van der Waals surface area contributed by atoms with Crippen LogP contribution in [0.1, 0.15) is 31.4 Å². The van der Waals surface area contributed by atoms with Crippen molar-refractivity contribution in [3.63, 3.8) is 0 Å². The van der Waals surface area contributed by atoms with E-state index in [0.717, 1.165) is 5.56 Å². The fourth-order valence-corrected chi connectivity index (χ4v) is 1.56. The van der Waals surface area contributed by atoms with E-state index in [0.29, 0.717) is 18.3 Å². The van der Waals surface area contributed by atoms with Crippen molar-refractivity contribution in [3.8, 4) is 5.75 Å². The maximum absolute atomic E-state index is 13.5. The minimum absolute atomic E-state index is 0.212. The third-order valence-electron chi connectivity index (χ3n) is 3.06. The number of hydrogen-bond donors (Lipinski definition) is 1. The van der Waals surface area contributed by atoms with Crippen LogP contribution >= 0.6 is 0 Å². The molecule has 1 fully saturated rings. The van der Waals surface area contributed by atoms with Gasteiger partial charge in [0, 0.05) is 6.04 Å². The topological polar surface area (TPSA) is 21.3 Å². The summed E-state index contributed by atoms with van der Waals surface area (Å²) in [5, 5.41) is 3.13. The lowest BCUT2D eigenvalue weighted by Crippen LogP contribution is -2.12. The molecule has 0 aromatic heterocycles. The molecule has 1 N–H and O–H groups in total. The Bertz CT molecular complexity index is 363. The summed E-state index contributed by atoms with van der Waals surface area (Å²) < 4.78 is 19.0. The molecule has 0 amide bonds. The van der Waals surface area contributed by atoms with Gasteiger partial charge in [0.25, 0.3) is 0 Å². The van der Waals surface area contributed by atoms with Crippen LogP contribution in [0.5, 0.6) is 5.75 Å². The highest BCUT2D eigenvalue weighted by atomic mass is 19.1. The first-order valence-electron chi connectivity index (χ1n) is 5.80. The standard InChI is InChI=1S/C13H18FNO/c1-9(15-2)11-5-6-12(14)13(7-11)16-8-10-3-4-10/h5-7,9-10,15H,3-4,8H2,1-2H3/t9-/m0/s1. The molecule has 16 heavy (non-hydrogen) atoms. The van der Waals surface area contributed by atoms with E-state index >= 15 is 0 Å². The lowest BCUT2D eigenvalue weighted by Gasteiger charge is -2.13. The highest BCUT2D eigenvalue weighted by Crippen LogP contribution is 2.30. The van der Waals surface area contributed by atoms with Gasteiger partial charge in [-0.15, -0.1) is 0 Å². The molecule has 1 aromatic rings. The van der Waals surface area contributed by atoms with Gasteiger partial charge in [0.1, 0.15) is 0 Å². The summed E-state index contributed by atoms with van der Waals surface area (Å²) in [6.45, 7) is 2.69. The van der Waals surface area contributed by atoms with Gasteiger partial charge >= 0.3 is 0 Å². The van der Waals surface area contributed by atoms with Gasteiger partial charge in [-0.05, 0) is 50.4 Å². The molecule has 0 unspecified atom stereocenters. The summed E-state index contributed by atoms with van der Waals surface area (Å²) in [5.41, 5.74) is 1.05. The van der Waals surface area contributed by atoms with Gasteiger partial charge in [0.2, 0.25) is 0 Å². The van der Waals surface area contributed by atoms with Crippen LogP contribution in [-0.2, 0) is 0 Å². The van der Waals surface area contributed by atoms with Crippen LogP contribution in [0.25, 0.3) is 0 Å². The molecule has 1 saturated carbocycles. The highest BCUT2D eigenvalue weighted by Gasteiger charge is 2.22. The van der Waals surface area contributed by atoms with Crippen LogP contribution < -0.4 is 10.1 Å². The molecule has 0 radical (unpaired) electrons. The monoisotopic (exact) mass is 223 g/mol. The summed E-state index contributed by atoms with van der Waals surface area (Å²) >= 11 is 0. The van der Waals surface area contributed by atoms with Crippen LogP contribution in [0.2, 0.25) is 0 Å². The third kappa shape index (κ3) is 2.73. The van der Waals surface area contributed by atoms with Gasteiger partial charge in [-0.2, -0.15) is 0 Å². The van der Waals surface area contributed by atoms with Crippen molar-refractivity contribution in [2.75, 3.05) is 13.7 Å². The first-order chi connectivity index (χ1) is 7.70. The Hall–Kier alpha value is -1.09. The van der Waals surface area contributed by atoms with Crippen molar-refractivity contribution in [3.05, 3.63) is 29.6 Å². The smallest absolute Gasteiger partial charge is 0.165 e. The number of halogens is 1. The predicted molar refractivity (Wildman–Crippen MR) is 62.1 cm³/mol. The van der Waals surface area contributed by atoms with Crippen molar-refractivity contribution in [2.45, 2.75) is 25.8 Å². The molecule has 0 saturated heterocycles. The van der Waals surface area contributed by atoms with E-state index in [1.54, 1.807) is 12.1 Å². The second-order valence-corrected chi connectivity index (χ2v) is 4.45. The van der Waals surface area contributed by atoms with Gasteiger partial charge in [0.05, 0.1) is 6.61 Å².